The van der Waals surface area contributed by atoms with Crippen LogP contribution >= 0.6 is 0 Å². The zero-order valence-corrected chi connectivity index (χ0v) is 10.5. The summed E-state index contributed by atoms with van der Waals surface area (Å²) in [5, 5.41) is 1.03. The van der Waals surface area contributed by atoms with Crippen molar-refractivity contribution in [1.82, 2.24) is 9.97 Å². The van der Waals surface area contributed by atoms with Crippen LogP contribution in [0.2, 0.25) is 0 Å². The number of para-hydroxylation sites is 1. The number of ketones is 1. The summed E-state index contributed by atoms with van der Waals surface area (Å²) in [6.45, 7) is 1.90. The highest BCUT2D eigenvalue weighted by Gasteiger charge is 2.13. The van der Waals surface area contributed by atoms with E-state index in [2.05, 4.69) is 9.97 Å². The van der Waals surface area contributed by atoms with Crippen LogP contribution in [0, 0.1) is 6.92 Å². The molecular weight excluding hydrogens is 236 g/mol. The first kappa shape index (κ1) is 11.5. The second-order valence-electron chi connectivity index (χ2n) is 4.41. The number of hydrogen-bond donors (Lipinski definition) is 0. The van der Waals surface area contributed by atoms with E-state index in [0.29, 0.717) is 11.3 Å². The quantitative estimate of drug-likeness (QED) is 0.654. The minimum Gasteiger partial charge on any atom is -0.287 e. The maximum absolute atomic E-state index is 12.4. The molecule has 0 fully saturated rings. The van der Waals surface area contributed by atoms with Gasteiger partial charge in [-0.15, -0.1) is 0 Å². The molecule has 3 heteroatoms. The van der Waals surface area contributed by atoms with Gasteiger partial charge < -0.3 is 0 Å². The Morgan fingerprint density at radius 2 is 1.89 bits per heavy atom. The highest BCUT2D eigenvalue weighted by Crippen LogP contribution is 2.15. The molecule has 0 amide bonds. The zero-order valence-electron chi connectivity index (χ0n) is 10.5. The van der Waals surface area contributed by atoms with Crippen LogP contribution in [0.5, 0.6) is 0 Å². The van der Waals surface area contributed by atoms with E-state index < -0.39 is 0 Å². The molecule has 2 heterocycles. The van der Waals surface area contributed by atoms with Gasteiger partial charge in [0.05, 0.1) is 5.52 Å². The van der Waals surface area contributed by atoms with E-state index in [-0.39, 0.29) is 5.78 Å². The minimum absolute atomic E-state index is 0.0867. The van der Waals surface area contributed by atoms with Gasteiger partial charge in [0.15, 0.2) is 0 Å². The Morgan fingerprint density at radius 3 is 2.74 bits per heavy atom. The third-order valence-corrected chi connectivity index (χ3v) is 3.11. The summed E-state index contributed by atoms with van der Waals surface area (Å²) < 4.78 is 0. The van der Waals surface area contributed by atoms with E-state index >= 15 is 0 Å². The fraction of sp³-hybridized carbons (Fsp3) is 0.0625. The van der Waals surface area contributed by atoms with Crippen LogP contribution in [0.15, 0.2) is 54.9 Å². The predicted molar refractivity (Wildman–Crippen MR) is 74.1 cm³/mol. The van der Waals surface area contributed by atoms with Crippen LogP contribution in [0.1, 0.15) is 21.6 Å². The largest absolute Gasteiger partial charge is 0.287 e. The number of fused-ring (bicyclic) bond motifs is 1. The Bertz CT molecular complexity index is 765. The lowest BCUT2D eigenvalue weighted by atomic mass is 10.0. The Labute approximate surface area is 111 Å². The molecular formula is C16H12N2O. The van der Waals surface area contributed by atoms with Crippen molar-refractivity contribution in [3.63, 3.8) is 0 Å². The average Bonchev–Trinajstić information content (AvgIpc) is 2.46. The molecule has 0 saturated heterocycles. The summed E-state index contributed by atoms with van der Waals surface area (Å²) in [5.41, 5.74) is 2.80. The third-order valence-electron chi connectivity index (χ3n) is 3.11. The molecule has 0 radical (unpaired) electrons. The number of pyridine rings is 2. The van der Waals surface area contributed by atoms with Crippen LogP contribution in [-0.4, -0.2) is 15.8 Å². The molecule has 3 aromatic rings. The van der Waals surface area contributed by atoms with Crippen molar-refractivity contribution < 1.29 is 4.79 Å². The lowest BCUT2D eigenvalue weighted by Crippen LogP contribution is -2.06. The van der Waals surface area contributed by atoms with Crippen molar-refractivity contribution in [2.45, 2.75) is 6.92 Å². The lowest BCUT2D eigenvalue weighted by molar-refractivity contribution is 0.103. The maximum Gasteiger partial charge on any atom is 0.213 e. The highest BCUT2D eigenvalue weighted by molar-refractivity contribution is 6.09. The van der Waals surface area contributed by atoms with Crippen molar-refractivity contribution in [1.29, 1.82) is 0 Å². The summed E-state index contributed by atoms with van der Waals surface area (Å²) in [6, 6.07) is 13.3. The van der Waals surface area contributed by atoms with Gasteiger partial charge in [-0.05, 0) is 30.7 Å². The van der Waals surface area contributed by atoms with Crippen molar-refractivity contribution in [2.24, 2.45) is 0 Å². The second-order valence-corrected chi connectivity index (χ2v) is 4.41. The average molecular weight is 248 g/mol. The van der Waals surface area contributed by atoms with Crippen LogP contribution in [0.3, 0.4) is 0 Å². The molecule has 0 spiro atoms. The van der Waals surface area contributed by atoms with E-state index in [0.717, 1.165) is 16.5 Å². The zero-order chi connectivity index (χ0) is 13.2. The molecule has 0 N–H and O–H groups in total. The van der Waals surface area contributed by atoms with Gasteiger partial charge in [-0.1, -0.05) is 24.3 Å². The summed E-state index contributed by atoms with van der Waals surface area (Å²) in [6.07, 6.45) is 3.27. The first-order valence-corrected chi connectivity index (χ1v) is 6.07. The SMILES string of the molecule is Cc1ccncc1C(=O)c1ccc2ccccc2n1. The van der Waals surface area contributed by atoms with Gasteiger partial charge in [0.1, 0.15) is 5.69 Å². The van der Waals surface area contributed by atoms with Gasteiger partial charge >= 0.3 is 0 Å². The topological polar surface area (TPSA) is 42.9 Å². The van der Waals surface area contributed by atoms with Crippen LogP contribution < -0.4 is 0 Å². The summed E-state index contributed by atoms with van der Waals surface area (Å²) in [7, 11) is 0. The van der Waals surface area contributed by atoms with E-state index in [1.165, 1.54) is 0 Å². The Morgan fingerprint density at radius 1 is 1.05 bits per heavy atom. The van der Waals surface area contributed by atoms with Crippen LogP contribution in [0.4, 0.5) is 0 Å². The number of hydrogen-bond acceptors (Lipinski definition) is 3. The summed E-state index contributed by atoms with van der Waals surface area (Å²) >= 11 is 0. The number of rotatable bonds is 2. The molecule has 1 aromatic carbocycles. The summed E-state index contributed by atoms with van der Waals surface area (Å²) in [5.74, 6) is -0.0867. The molecule has 0 atom stereocenters. The van der Waals surface area contributed by atoms with Crippen molar-refractivity contribution in [3.8, 4) is 0 Å². The second kappa shape index (κ2) is 4.61. The van der Waals surface area contributed by atoms with Crippen molar-refractivity contribution >= 4 is 16.7 Å². The maximum atomic E-state index is 12.4. The van der Waals surface area contributed by atoms with Gasteiger partial charge in [-0.25, -0.2) is 4.98 Å². The molecule has 0 saturated carbocycles. The normalized spacial score (nSPS) is 10.6. The fourth-order valence-corrected chi connectivity index (χ4v) is 2.03. The Kier molecular flexibility index (Phi) is 2.80. The molecule has 2 aromatic heterocycles. The van der Waals surface area contributed by atoms with Gasteiger partial charge in [0, 0.05) is 23.3 Å². The number of carbonyl (C=O) groups excluding carboxylic acids is 1. The number of aromatic nitrogens is 2. The van der Waals surface area contributed by atoms with Crippen LogP contribution in [-0.2, 0) is 0 Å². The monoisotopic (exact) mass is 248 g/mol. The fourth-order valence-electron chi connectivity index (χ4n) is 2.03. The summed E-state index contributed by atoms with van der Waals surface area (Å²) in [4.78, 5) is 20.8. The predicted octanol–water partition coefficient (Wildman–Crippen LogP) is 3.17. The van der Waals surface area contributed by atoms with Crippen molar-refractivity contribution in [2.75, 3.05) is 0 Å². The number of carbonyl (C=O) groups is 1. The molecule has 3 rings (SSSR count). The molecule has 0 unspecified atom stereocenters. The first-order valence-electron chi connectivity index (χ1n) is 6.07. The van der Waals surface area contributed by atoms with Gasteiger partial charge in [-0.2, -0.15) is 0 Å². The minimum atomic E-state index is -0.0867. The van der Waals surface area contributed by atoms with E-state index in [4.69, 9.17) is 0 Å². The third kappa shape index (κ3) is 2.10. The van der Waals surface area contributed by atoms with Gasteiger partial charge in [-0.3, -0.25) is 9.78 Å². The number of nitrogens with zero attached hydrogens (tertiary/aromatic N) is 2. The van der Waals surface area contributed by atoms with Gasteiger partial charge in [0.2, 0.25) is 5.78 Å². The molecule has 0 bridgehead atoms. The van der Waals surface area contributed by atoms with Gasteiger partial charge in [0.25, 0.3) is 0 Å². The molecule has 0 aliphatic heterocycles. The molecule has 19 heavy (non-hydrogen) atoms. The Hall–Kier alpha value is -2.55. The lowest BCUT2D eigenvalue weighted by Gasteiger charge is -2.04. The molecule has 0 aliphatic rings. The van der Waals surface area contributed by atoms with Crippen LogP contribution in [0.25, 0.3) is 10.9 Å². The van der Waals surface area contributed by atoms with E-state index in [1.54, 1.807) is 18.5 Å². The first-order chi connectivity index (χ1) is 9.25. The number of aryl methyl sites for hydroxylation is 1. The molecule has 3 nitrogen and oxygen atoms in total. The number of benzene rings is 1. The molecule has 0 aliphatic carbocycles. The molecule has 92 valence electrons. The standard InChI is InChI=1S/C16H12N2O/c1-11-8-9-17-10-13(11)16(19)15-7-6-12-4-2-3-5-14(12)18-15/h2-10H,1H3. The smallest absolute Gasteiger partial charge is 0.213 e. The van der Waals surface area contributed by atoms with Crippen molar-refractivity contribution in [3.05, 3.63) is 71.7 Å². The van der Waals surface area contributed by atoms with E-state index in [1.807, 2.05) is 43.3 Å². The Balaban J connectivity index is 2.09. The van der Waals surface area contributed by atoms with E-state index in [9.17, 15) is 4.79 Å². The highest BCUT2D eigenvalue weighted by atomic mass is 16.1.